The van der Waals surface area contributed by atoms with E-state index in [2.05, 4.69) is 16.0 Å². The summed E-state index contributed by atoms with van der Waals surface area (Å²) in [6, 6.07) is 4.10. The van der Waals surface area contributed by atoms with Gasteiger partial charge >= 0.3 is 0 Å². The minimum atomic E-state index is -0.567. The molecule has 2 heterocycles. The smallest absolute Gasteiger partial charge is 0.156 e. The summed E-state index contributed by atoms with van der Waals surface area (Å²) in [5.41, 5.74) is 1.01. The van der Waals surface area contributed by atoms with Gasteiger partial charge in [-0.3, -0.25) is 0 Å². The Morgan fingerprint density at radius 1 is 1.38 bits per heavy atom. The Kier molecular flexibility index (Phi) is 3.64. The van der Waals surface area contributed by atoms with Gasteiger partial charge in [0.1, 0.15) is 6.10 Å². The molecule has 0 aliphatic rings. The van der Waals surface area contributed by atoms with Crippen molar-refractivity contribution in [2.24, 2.45) is 0 Å². The Balaban J connectivity index is 1.93. The highest BCUT2D eigenvalue weighted by atomic mass is 32.1. The van der Waals surface area contributed by atoms with E-state index in [1.807, 2.05) is 18.4 Å². The van der Waals surface area contributed by atoms with E-state index < -0.39 is 6.10 Å². The summed E-state index contributed by atoms with van der Waals surface area (Å²) in [7, 11) is 0. The lowest BCUT2D eigenvalue weighted by Gasteiger charge is -2.07. The Labute approximate surface area is 98.8 Å². The molecular formula is C12H14N2OS. The lowest BCUT2D eigenvalue weighted by molar-refractivity contribution is 0.158. The quantitative estimate of drug-likeness (QED) is 0.884. The zero-order chi connectivity index (χ0) is 11.4. The normalized spacial score (nSPS) is 12.6. The van der Waals surface area contributed by atoms with Crippen molar-refractivity contribution in [3.05, 3.63) is 46.2 Å². The molecule has 2 rings (SSSR count). The average molecular weight is 234 g/mol. The zero-order valence-corrected chi connectivity index (χ0v) is 9.94. The molecule has 3 nitrogen and oxygen atoms in total. The maximum Gasteiger partial charge on any atom is 0.156 e. The van der Waals surface area contributed by atoms with Crippen molar-refractivity contribution >= 4 is 11.3 Å². The molecule has 2 aromatic rings. The number of hydrogen-bond acceptors (Lipinski definition) is 4. The highest BCUT2D eigenvalue weighted by Crippen LogP contribution is 2.18. The van der Waals surface area contributed by atoms with Gasteiger partial charge in [0.2, 0.25) is 0 Å². The molecule has 2 aromatic heterocycles. The number of nitrogens with zero attached hydrogens (tertiary/aromatic N) is 2. The van der Waals surface area contributed by atoms with Crippen molar-refractivity contribution in [1.82, 2.24) is 9.97 Å². The van der Waals surface area contributed by atoms with E-state index in [0.717, 1.165) is 12.0 Å². The largest absolute Gasteiger partial charge is 0.385 e. The first kappa shape index (κ1) is 11.2. The summed E-state index contributed by atoms with van der Waals surface area (Å²) in [5.74, 6) is 0.516. The Bertz CT molecular complexity index is 425. The van der Waals surface area contributed by atoms with Crippen molar-refractivity contribution in [2.75, 3.05) is 0 Å². The molecule has 0 amide bonds. The summed E-state index contributed by atoms with van der Waals surface area (Å²) in [4.78, 5) is 9.52. The molecule has 0 bridgehead atoms. The summed E-state index contributed by atoms with van der Waals surface area (Å²) < 4.78 is 0. The van der Waals surface area contributed by atoms with Crippen molar-refractivity contribution < 1.29 is 5.11 Å². The number of aliphatic hydroxyl groups excluding tert-OH is 1. The van der Waals surface area contributed by atoms with Gasteiger partial charge < -0.3 is 5.11 Å². The molecule has 0 fully saturated rings. The van der Waals surface area contributed by atoms with Crippen LogP contribution in [0.2, 0.25) is 0 Å². The predicted octanol–water partition coefficient (Wildman–Crippen LogP) is 2.51. The summed E-state index contributed by atoms with van der Waals surface area (Å²) in [5, 5.41) is 11.9. The number of hydrogen-bond donors (Lipinski definition) is 1. The molecule has 84 valence electrons. The van der Waals surface area contributed by atoms with Gasteiger partial charge in [0.25, 0.3) is 0 Å². The molecule has 0 saturated carbocycles. The van der Waals surface area contributed by atoms with E-state index in [-0.39, 0.29) is 0 Å². The minimum Gasteiger partial charge on any atom is -0.385 e. The molecular weight excluding hydrogens is 220 g/mol. The first-order valence-electron chi connectivity index (χ1n) is 5.24. The second-order valence-corrected chi connectivity index (χ2v) is 4.78. The van der Waals surface area contributed by atoms with Crippen LogP contribution in [0.5, 0.6) is 0 Å². The van der Waals surface area contributed by atoms with Crippen LogP contribution in [0.3, 0.4) is 0 Å². The molecule has 1 unspecified atom stereocenters. The van der Waals surface area contributed by atoms with E-state index in [4.69, 9.17) is 0 Å². The SMILES string of the molecule is Cc1cnc(C(O)CCc2cccs2)nc1. The van der Waals surface area contributed by atoms with Crippen LogP contribution in [0.25, 0.3) is 0 Å². The molecule has 0 radical (unpaired) electrons. The topological polar surface area (TPSA) is 46.0 Å². The highest BCUT2D eigenvalue weighted by Gasteiger charge is 2.10. The second kappa shape index (κ2) is 5.18. The number of aromatic nitrogens is 2. The Morgan fingerprint density at radius 3 is 2.75 bits per heavy atom. The van der Waals surface area contributed by atoms with Gasteiger partial charge in [-0.1, -0.05) is 6.07 Å². The molecule has 1 atom stereocenters. The second-order valence-electron chi connectivity index (χ2n) is 3.75. The maximum absolute atomic E-state index is 9.89. The maximum atomic E-state index is 9.89. The standard InChI is InChI=1S/C12H14N2OS/c1-9-7-13-12(14-8-9)11(15)5-4-10-3-2-6-16-10/h2-3,6-8,11,15H,4-5H2,1H3. The van der Waals surface area contributed by atoms with E-state index >= 15 is 0 Å². The molecule has 0 aromatic carbocycles. The number of aliphatic hydroxyl groups is 1. The summed E-state index contributed by atoms with van der Waals surface area (Å²) in [6.45, 7) is 1.93. The van der Waals surface area contributed by atoms with Crippen LogP contribution < -0.4 is 0 Å². The van der Waals surface area contributed by atoms with Crippen molar-refractivity contribution in [3.8, 4) is 0 Å². The first-order valence-corrected chi connectivity index (χ1v) is 6.12. The van der Waals surface area contributed by atoms with Crippen LogP contribution in [0.4, 0.5) is 0 Å². The fourth-order valence-electron chi connectivity index (χ4n) is 1.44. The van der Waals surface area contributed by atoms with Gasteiger partial charge in [-0.2, -0.15) is 0 Å². The van der Waals surface area contributed by atoms with Crippen LogP contribution >= 0.6 is 11.3 Å². The number of thiophene rings is 1. The fraction of sp³-hybridized carbons (Fsp3) is 0.333. The van der Waals surface area contributed by atoms with Gasteiger partial charge in [-0.25, -0.2) is 9.97 Å². The van der Waals surface area contributed by atoms with Gasteiger partial charge in [-0.15, -0.1) is 11.3 Å². The molecule has 0 aliphatic carbocycles. The molecule has 0 spiro atoms. The highest BCUT2D eigenvalue weighted by molar-refractivity contribution is 7.09. The number of rotatable bonds is 4. The zero-order valence-electron chi connectivity index (χ0n) is 9.13. The molecule has 4 heteroatoms. The minimum absolute atomic E-state index is 0.516. The van der Waals surface area contributed by atoms with Gasteiger partial charge in [-0.05, 0) is 36.8 Å². The third-order valence-corrected chi connectivity index (χ3v) is 3.28. The molecule has 1 N–H and O–H groups in total. The fourth-order valence-corrected chi connectivity index (χ4v) is 2.16. The first-order chi connectivity index (χ1) is 7.75. The third-order valence-electron chi connectivity index (χ3n) is 2.34. The third kappa shape index (κ3) is 2.87. The molecule has 0 saturated heterocycles. The Hall–Kier alpha value is -1.26. The molecule has 16 heavy (non-hydrogen) atoms. The van der Waals surface area contributed by atoms with Crippen molar-refractivity contribution in [1.29, 1.82) is 0 Å². The van der Waals surface area contributed by atoms with E-state index in [9.17, 15) is 5.11 Å². The van der Waals surface area contributed by atoms with Gasteiger partial charge in [0, 0.05) is 17.3 Å². The van der Waals surface area contributed by atoms with Crippen LogP contribution in [0.1, 0.15) is 28.8 Å². The van der Waals surface area contributed by atoms with Crippen molar-refractivity contribution in [3.63, 3.8) is 0 Å². The Morgan fingerprint density at radius 2 is 2.12 bits per heavy atom. The van der Waals surface area contributed by atoms with Crippen LogP contribution in [0, 0.1) is 6.92 Å². The molecule has 0 aliphatic heterocycles. The van der Waals surface area contributed by atoms with Crippen LogP contribution in [0.15, 0.2) is 29.9 Å². The van der Waals surface area contributed by atoms with Crippen LogP contribution in [-0.2, 0) is 6.42 Å². The van der Waals surface area contributed by atoms with Crippen molar-refractivity contribution in [2.45, 2.75) is 25.9 Å². The van der Waals surface area contributed by atoms with Crippen LogP contribution in [-0.4, -0.2) is 15.1 Å². The lowest BCUT2D eigenvalue weighted by Crippen LogP contribution is -2.04. The average Bonchev–Trinajstić information content (AvgIpc) is 2.80. The lowest BCUT2D eigenvalue weighted by atomic mass is 10.1. The monoisotopic (exact) mass is 234 g/mol. The van der Waals surface area contributed by atoms with Gasteiger partial charge in [0.05, 0.1) is 0 Å². The van der Waals surface area contributed by atoms with Gasteiger partial charge in [0.15, 0.2) is 5.82 Å². The van der Waals surface area contributed by atoms with E-state index in [0.29, 0.717) is 12.2 Å². The predicted molar refractivity (Wildman–Crippen MR) is 64.4 cm³/mol. The number of aryl methyl sites for hydroxylation is 2. The van der Waals surface area contributed by atoms with E-state index in [1.54, 1.807) is 23.7 Å². The summed E-state index contributed by atoms with van der Waals surface area (Å²) >= 11 is 1.71. The summed E-state index contributed by atoms with van der Waals surface area (Å²) in [6.07, 6.45) is 4.44. The van der Waals surface area contributed by atoms with E-state index in [1.165, 1.54) is 4.88 Å².